The summed E-state index contributed by atoms with van der Waals surface area (Å²) in [6, 6.07) is 4.65. The van der Waals surface area contributed by atoms with E-state index < -0.39 is 32.9 Å². The lowest BCUT2D eigenvalue weighted by Gasteiger charge is -2.41. The van der Waals surface area contributed by atoms with Gasteiger partial charge in [0.25, 0.3) is 0 Å². The van der Waals surface area contributed by atoms with Crippen molar-refractivity contribution in [1.29, 1.82) is 0 Å². The number of benzene rings is 1. The maximum atomic E-state index is 13.0. The highest BCUT2D eigenvalue weighted by atomic mass is 32.2. The van der Waals surface area contributed by atoms with Crippen molar-refractivity contribution in [2.75, 3.05) is 13.1 Å². The first kappa shape index (κ1) is 18.2. The lowest BCUT2D eigenvalue weighted by molar-refractivity contribution is -0.138. The van der Waals surface area contributed by atoms with Gasteiger partial charge in [0.1, 0.15) is 0 Å². The average molecular weight is 350 g/mol. The maximum Gasteiger partial charge on any atom is 0.416 e. The van der Waals surface area contributed by atoms with Crippen LogP contribution in [0.5, 0.6) is 0 Å². The van der Waals surface area contributed by atoms with E-state index >= 15 is 0 Å². The van der Waals surface area contributed by atoms with Crippen LogP contribution in [0.1, 0.15) is 31.4 Å². The molecule has 1 aromatic rings. The first-order valence-corrected chi connectivity index (χ1v) is 8.93. The normalized spacial score (nSPS) is 23.0. The van der Waals surface area contributed by atoms with Crippen molar-refractivity contribution >= 4 is 10.0 Å². The molecular weight excluding hydrogens is 329 g/mol. The molecule has 1 aliphatic rings. The minimum atomic E-state index is -4.57. The Balaban J connectivity index is 2.27. The van der Waals surface area contributed by atoms with Gasteiger partial charge in [0.2, 0.25) is 10.0 Å². The van der Waals surface area contributed by atoms with Crippen LogP contribution in [0.4, 0.5) is 13.2 Å². The third-order valence-electron chi connectivity index (χ3n) is 4.33. The van der Waals surface area contributed by atoms with E-state index in [9.17, 15) is 21.6 Å². The quantitative estimate of drug-likeness (QED) is 0.911. The van der Waals surface area contributed by atoms with Gasteiger partial charge in [-0.3, -0.25) is 0 Å². The Morgan fingerprint density at radius 3 is 2.48 bits per heavy atom. The summed E-state index contributed by atoms with van der Waals surface area (Å²) in [4.78, 5) is 0. The third-order valence-corrected chi connectivity index (χ3v) is 6.11. The van der Waals surface area contributed by atoms with Gasteiger partial charge >= 0.3 is 6.18 Å². The van der Waals surface area contributed by atoms with Gasteiger partial charge in [0.05, 0.1) is 11.3 Å². The summed E-state index contributed by atoms with van der Waals surface area (Å²) in [5, 5.41) is 0. The van der Waals surface area contributed by atoms with Crippen LogP contribution < -0.4 is 5.73 Å². The number of nitrogens with two attached hydrogens (primary N) is 1. The van der Waals surface area contributed by atoms with Crippen LogP contribution in [0.2, 0.25) is 0 Å². The predicted molar refractivity (Wildman–Crippen MR) is 82.0 cm³/mol. The first-order valence-electron chi connectivity index (χ1n) is 7.32. The molecular formula is C15H21F3N2O2S. The molecule has 0 bridgehead atoms. The van der Waals surface area contributed by atoms with E-state index in [1.54, 1.807) is 0 Å². The maximum absolute atomic E-state index is 13.0. The zero-order valence-electron chi connectivity index (χ0n) is 13.1. The topological polar surface area (TPSA) is 63.4 Å². The Morgan fingerprint density at radius 1 is 1.30 bits per heavy atom. The van der Waals surface area contributed by atoms with Crippen LogP contribution in [0.15, 0.2) is 24.3 Å². The third kappa shape index (κ3) is 4.05. The van der Waals surface area contributed by atoms with Gasteiger partial charge in [-0.1, -0.05) is 32.0 Å². The fraction of sp³-hybridized carbons (Fsp3) is 0.600. The highest BCUT2D eigenvalue weighted by Gasteiger charge is 2.39. The smallest absolute Gasteiger partial charge is 0.327 e. The Bertz CT molecular complexity index is 672. The van der Waals surface area contributed by atoms with E-state index in [0.29, 0.717) is 6.42 Å². The second kappa shape index (κ2) is 6.07. The number of sulfonamides is 1. The van der Waals surface area contributed by atoms with Crippen LogP contribution in [-0.4, -0.2) is 31.9 Å². The Morgan fingerprint density at radius 2 is 1.91 bits per heavy atom. The zero-order valence-corrected chi connectivity index (χ0v) is 13.9. The summed E-state index contributed by atoms with van der Waals surface area (Å²) in [7, 11) is -3.84. The second-order valence-corrected chi connectivity index (χ2v) is 8.60. The Kier molecular flexibility index (Phi) is 4.81. The van der Waals surface area contributed by atoms with Crippen molar-refractivity contribution in [3.63, 3.8) is 0 Å². The molecule has 1 aromatic carbocycles. The van der Waals surface area contributed by atoms with Crippen LogP contribution >= 0.6 is 0 Å². The molecule has 1 heterocycles. The molecule has 0 aliphatic carbocycles. The molecule has 1 unspecified atom stereocenters. The van der Waals surface area contributed by atoms with E-state index in [-0.39, 0.29) is 24.7 Å². The van der Waals surface area contributed by atoms with Crippen molar-refractivity contribution in [2.24, 2.45) is 11.1 Å². The number of nitrogens with zero attached hydrogens (tertiary/aromatic N) is 1. The van der Waals surface area contributed by atoms with E-state index in [0.717, 1.165) is 6.07 Å². The number of halogens is 3. The fourth-order valence-electron chi connectivity index (χ4n) is 2.77. The summed E-state index contributed by atoms with van der Waals surface area (Å²) >= 11 is 0. The number of hydrogen-bond acceptors (Lipinski definition) is 3. The van der Waals surface area contributed by atoms with Crippen molar-refractivity contribution in [3.8, 4) is 0 Å². The van der Waals surface area contributed by atoms with Crippen molar-refractivity contribution in [1.82, 2.24) is 4.31 Å². The average Bonchev–Trinajstić information content (AvgIpc) is 2.40. The molecule has 1 atom stereocenters. The molecule has 4 nitrogen and oxygen atoms in total. The van der Waals surface area contributed by atoms with Gasteiger partial charge in [0.15, 0.2) is 0 Å². The molecule has 1 aliphatic heterocycles. The van der Waals surface area contributed by atoms with Gasteiger partial charge in [-0.05, 0) is 23.5 Å². The lowest BCUT2D eigenvalue weighted by Crippen LogP contribution is -2.54. The highest BCUT2D eigenvalue weighted by molar-refractivity contribution is 7.88. The molecule has 1 saturated heterocycles. The molecule has 23 heavy (non-hydrogen) atoms. The highest BCUT2D eigenvalue weighted by Crippen LogP contribution is 2.34. The SMILES string of the molecule is CC1(C)CN(S(=O)(=O)Cc2ccccc2C(F)(F)F)CCC1N. The number of hydrogen-bond donors (Lipinski definition) is 1. The lowest BCUT2D eigenvalue weighted by atomic mass is 9.81. The second-order valence-electron chi connectivity index (χ2n) is 6.63. The minimum absolute atomic E-state index is 0.128. The van der Waals surface area contributed by atoms with Gasteiger partial charge in [0, 0.05) is 19.1 Å². The zero-order chi connectivity index (χ0) is 17.5. The molecule has 0 aromatic heterocycles. The monoisotopic (exact) mass is 350 g/mol. The summed E-state index contributed by atoms with van der Waals surface area (Å²) in [5.74, 6) is -0.659. The van der Waals surface area contributed by atoms with E-state index in [4.69, 9.17) is 5.73 Å². The van der Waals surface area contributed by atoms with E-state index in [1.807, 2.05) is 13.8 Å². The predicted octanol–water partition coefficient (Wildman–Crippen LogP) is 2.59. The Hall–Kier alpha value is -1.12. The number of alkyl halides is 3. The van der Waals surface area contributed by atoms with E-state index in [1.165, 1.54) is 22.5 Å². The molecule has 0 spiro atoms. The van der Waals surface area contributed by atoms with Crippen LogP contribution in [-0.2, 0) is 22.0 Å². The number of piperidine rings is 1. The molecule has 0 radical (unpaired) electrons. The molecule has 1 fully saturated rings. The summed E-state index contributed by atoms with van der Waals surface area (Å²) in [5.41, 5.74) is 4.44. The van der Waals surface area contributed by atoms with Crippen molar-refractivity contribution in [3.05, 3.63) is 35.4 Å². The summed E-state index contributed by atoms with van der Waals surface area (Å²) in [6.45, 7) is 4.18. The standard InChI is InChI=1S/C15H21F3N2O2S/c1-14(2)10-20(8-7-13(14)19)23(21,22)9-11-5-3-4-6-12(11)15(16,17)18/h3-6,13H,7-10,19H2,1-2H3. The van der Waals surface area contributed by atoms with Crippen LogP contribution in [0, 0.1) is 5.41 Å². The summed E-state index contributed by atoms with van der Waals surface area (Å²) in [6.07, 6.45) is -4.08. The van der Waals surface area contributed by atoms with Crippen LogP contribution in [0.25, 0.3) is 0 Å². The van der Waals surface area contributed by atoms with Gasteiger partial charge in [-0.2, -0.15) is 13.2 Å². The van der Waals surface area contributed by atoms with Gasteiger partial charge < -0.3 is 5.73 Å². The van der Waals surface area contributed by atoms with Crippen molar-refractivity contribution < 1.29 is 21.6 Å². The van der Waals surface area contributed by atoms with Crippen LogP contribution in [0.3, 0.4) is 0 Å². The minimum Gasteiger partial charge on any atom is -0.327 e. The molecule has 8 heteroatoms. The molecule has 0 amide bonds. The van der Waals surface area contributed by atoms with Gasteiger partial charge in [-0.15, -0.1) is 0 Å². The molecule has 130 valence electrons. The van der Waals surface area contributed by atoms with E-state index in [2.05, 4.69) is 0 Å². The largest absolute Gasteiger partial charge is 0.416 e. The molecule has 2 rings (SSSR count). The molecule has 0 saturated carbocycles. The van der Waals surface area contributed by atoms with Crippen molar-refractivity contribution in [2.45, 2.75) is 38.2 Å². The first-order chi connectivity index (χ1) is 10.4. The molecule has 2 N–H and O–H groups in total. The Labute approximate surface area is 134 Å². The fourth-order valence-corrected chi connectivity index (χ4v) is 4.51. The van der Waals surface area contributed by atoms with Gasteiger partial charge in [-0.25, -0.2) is 12.7 Å². The number of rotatable bonds is 3. The summed E-state index contributed by atoms with van der Waals surface area (Å²) < 4.78 is 65.4.